The molecule has 1 fully saturated rings. The Labute approximate surface area is 76.2 Å². The maximum Gasteiger partial charge on any atom is 0.0462 e. The molecule has 1 heterocycles. The van der Waals surface area contributed by atoms with Crippen molar-refractivity contribution in [2.75, 3.05) is 19.6 Å². The van der Waals surface area contributed by atoms with E-state index in [4.69, 9.17) is 5.26 Å². The van der Waals surface area contributed by atoms with E-state index >= 15 is 0 Å². The van der Waals surface area contributed by atoms with Crippen molar-refractivity contribution >= 4 is 0 Å². The van der Waals surface area contributed by atoms with Crippen molar-refractivity contribution in [3.63, 3.8) is 0 Å². The first-order valence-electron chi connectivity index (χ1n) is 4.81. The standard InChI is InChI=1S/C9H19N.CHN/c1-3-4-6-10-7-5-9(2)8-10;1-2/h9H,3-8H2,1-2H3;1H. The van der Waals surface area contributed by atoms with Crippen LogP contribution >= 0.6 is 0 Å². The second-order valence-corrected chi connectivity index (χ2v) is 3.55. The van der Waals surface area contributed by atoms with Crippen molar-refractivity contribution in [1.29, 1.82) is 5.26 Å². The van der Waals surface area contributed by atoms with E-state index < -0.39 is 0 Å². The minimum absolute atomic E-state index is 0.955. The van der Waals surface area contributed by atoms with Crippen molar-refractivity contribution < 1.29 is 0 Å². The molecule has 0 radical (unpaired) electrons. The average molecular weight is 168 g/mol. The van der Waals surface area contributed by atoms with E-state index in [9.17, 15) is 0 Å². The third-order valence-electron chi connectivity index (χ3n) is 2.34. The van der Waals surface area contributed by atoms with Gasteiger partial charge in [0.1, 0.15) is 0 Å². The summed E-state index contributed by atoms with van der Waals surface area (Å²) in [6.07, 6.45) is 4.14. The molecule has 0 amide bonds. The number of hydrogen-bond donors (Lipinski definition) is 0. The first-order valence-corrected chi connectivity index (χ1v) is 4.81. The van der Waals surface area contributed by atoms with Crippen LogP contribution in [0.15, 0.2) is 0 Å². The van der Waals surface area contributed by atoms with Crippen LogP contribution in [0.25, 0.3) is 0 Å². The predicted molar refractivity (Wildman–Crippen MR) is 51.8 cm³/mol. The minimum Gasteiger partial charge on any atom is -0.303 e. The Hall–Kier alpha value is -0.550. The highest BCUT2D eigenvalue weighted by Gasteiger charge is 2.16. The molecular formula is C10H20N2. The van der Waals surface area contributed by atoms with E-state index in [0.29, 0.717) is 0 Å². The maximum atomic E-state index is 6.50. The molecule has 70 valence electrons. The molecule has 1 saturated heterocycles. The van der Waals surface area contributed by atoms with Gasteiger partial charge in [0.2, 0.25) is 0 Å². The fourth-order valence-electron chi connectivity index (χ4n) is 1.61. The lowest BCUT2D eigenvalue weighted by Gasteiger charge is -2.13. The molecule has 0 N–H and O–H groups in total. The third-order valence-corrected chi connectivity index (χ3v) is 2.34. The normalized spacial score (nSPS) is 23.2. The molecule has 2 heteroatoms. The summed E-state index contributed by atoms with van der Waals surface area (Å²) in [4.78, 5) is 2.59. The quantitative estimate of drug-likeness (QED) is 0.646. The number of nitrogens with zero attached hydrogens (tertiary/aromatic N) is 2. The van der Waals surface area contributed by atoms with Crippen LogP contribution in [0.2, 0.25) is 0 Å². The lowest BCUT2D eigenvalue weighted by atomic mass is 10.2. The zero-order chi connectivity index (χ0) is 9.40. The molecule has 1 atom stereocenters. The summed E-state index contributed by atoms with van der Waals surface area (Å²) in [6, 6.07) is 0. The minimum atomic E-state index is 0.955. The van der Waals surface area contributed by atoms with E-state index in [-0.39, 0.29) is 0 Å². The molecule has 1 rings (SSSR count). The molecule has 0 spiro atoms. The Kier molecular flexibility index (Phi) is 6.79. The molecule has 0 aliphatic carbocycles. The molecule has 1 aliphatic heterocycles. The first-order chi connectivity index (χ1) is 5.83. The van der Waals surface area contributed by atoms with Crippen molar-refractivity contribution in [2.24, 2.45) is 5.92 Å². The Morgan fingerprint density at radius 1 is 1.50 bits per heavy atom. The summed E-state index contributed by atoms with van der Waals surface area (Å²) in [5.41, 5.74) is 0. The molecular weight excluding hydrogens is 148 g/mol. The highest BCUT2D eigenvalue weighted by molar-refractivity contribution is 4.71. The van der Waals surface area contributed by atoms with E-state index in [1.807, 2.05) is 0 Å². The molecule has 1 aliphatic rings. The van der Waals surface area contributed by atoms with Gasteiger partial charge in [-0.25, -0.2) is 5.26 Å². The van der Waals surface area contributed by atoms with Crippen LogP contribution in [0.3, 0.4) is 0 Å². The maximum absolute atomic E-state index is 6.50. The van der Waals surface area contributed by atoms with Gasteiger partial charge in [-0.1, -0.05) is 20.3 Å². The summed E-state index contributed by atoms with van der Waals surface area (Å²) in [6.45, 7) is 12.1. The van der Waals surface area contributed by atoms with Crippen LogP contribution < -0.4 is 0 Å². The van der Waals surface area contributed by atoms with Crippen LogP contribution in [0.1, 0.15) is 33.1 Å². The molecule has 0 aromatic carbocycles. The molecule has 2 nitrogen and oxygen atoms in total. The zero-order valence-corrected chi connectivity index (χ0v) is 8.29. The van der Waals surface area contributed by atoms with Gasteiger partial charge in [-0.15, -0.1) is 0 Å². The van der Waals surface area contributed by atoms with Gasteiger partial charge in [0.25, 0.3) is 0 Å². The van der Waals surface area contributed by atoms with Crippen LogP contribution in [-0.4, -0.2) is 24.5 Å². The van der Waals surface area contributed by atoms with Gasteiger partial charge in [-0.05, 0) is 31.8 Å². The molecule has 0 aromatic heterocycles. The Bertz CT molecular complexity index is 120. The summed E-state index contributed by atoms with van der Waals surface area (Å²) >= 11 is 0. The number of nitriles is 1. The Morgan fingerprint density at radius 3 is 2.58 bits per heavy atom. The van der Waals surface area contributed by atoms with Crippen molar-refractivity contribution in [1.82, 2.24) is 4.90 Å². The molecule has 0 saturated carbocycles. The van der Waals surface area contributed by atoms with Gasteiger partial charge >= 0.3 is 0 Å². The van der Waals surface area contributed by atoms with Crippen LogP contribution in [0.4, 0.5) is 0 Å². The van der Waals surface area contributed by atoms with Gasteiger partial charge in [-0.3, -0.25) is 0 Å². The molecule has 0 aromatic rings. The average Bonchev–Trinajstić information content (AvgIpc) is 2.51. The van der Waals surface area contributed by atoms with Gasteiger partial charge < -0.3 is 4.90 Å². The summed E-state index contributed by atoms with van der Waals surface area (Å²) in [5.74, 6) is 0.955. The molecule has 1 unspecified atom stereocenters. The molecule has 12 heavy (non-hydrogen) atoms. The third kappa shape index (κ3) is 4.35. The zero-order valence-electron chi connectivity index (χ0n) is 8.29. The largest absolute Gasteiger partial charge is 0.303 e. The SMILES string of the molecule is C#N.CCCCN1CCC(C)C1. The highest BCUT2D eigenvalue weighted by atomic mass is 15.1. The number of unbranched alkanes of at least 4 members (excludes halogenated alkanes) is 1. The van der Waals surface area contributed by atoms with Crippen LogP contribution in [-0.2, 0) is 0 Å². The van der Waals surface area contributed by atoms with Crippen LogP contribution in [0.5, 0.6) is 0 Å². The van der Waals surface area contributed by atoms with E-state index in [1.54, 1.807) is 0 Å². The van der Waals surface area contributed by atoms with Gasteiger partial charge in [0.15, 0.2) is 0 Å². The molecule has 0 bridgehead atoms. The lowest BCUT2D eigenvalue weighted by Crippen LogP contribution is -2.21. The summed E-state index contributed by atoms with van der Waals surface area (Å²) in [7, 11) is 0. The Balaban J connectivity index is 0.000000561. The topological polar surface area (TPSA) is 27.0 Å². The van der Waals surface area contributed by atoms with Gasteiger partial charge in [-0.2, -0.15) is 0 Å². The van der Waals surface area contributed by atoms with Crippen molar-refractivity contribution in [3.05, 3.63) is 0 Å². The Morgan fingerprint density at radius 2 is 2.17 bits per heavy atom. The fourth-order valence-corrected chi connectivity index (χ4v) is 1.61. The lowest BCUT2D eigenvalue weighted by molar-refractivity contribution is 0.322. The van der Waals surface area contributed by atoms with E-state index in [1.165, 1.54) is 38.9 Å². The van der Waals surface area contributed by atoms with Gasteiger partial charge in [0.05, 0.1) is 0 Å². The monoisotopic (exact) mass is 168 g/mol. The predicted octanol–water partition coefficient (Wildman–Crippen LogP) is 2.27. The second kappa shape index (κ2) is 7.12. The van der Waals surface area contributed by atoms with E-state index in [2.05, 4.69) is 25.3 Å². The number of likely N-dealkylation sites (tertiary alicyclic amines) is 1. The smallest absolute Gasteiger partial charge is 0.0462 e. The fraction of sp³-hybridized carbons (Fsp3) is 0.900. The van der Waals surface area contributed by atoms with Gasteiger partial charge in [0, 0.05) is 13.1 Å². The number of hydrogen-bond acceptors (Lipinski definition) is 2. The van der Waals surface area contributed by atoms with Crippen LogP contribution in [0, 0.1) is 17.8 Å². The first kappa shape index (κ1) is 11.4. The van der Waals surface area contributed by atoms with Crippen molar-refractivity contribution in [2.45, 2.75) is 33.1 Å². The summed E-state index contributed by atoms with van der Waals surface area (Å²) < 4.78 is 0. The second-order valence-electron chi connectivity index (χ2n) is 3.55. The number of rotatable bonds is 3. The highest BCUT2D eigenvalue weighted by Crippen LogP contribution is 2.14. The van der Waals surface area contributed by atoms with Crippen molar-refractivity contribution in [3.8, 4) is 6.57 Å². The summed E-state index contributed by atoms with van der Waals surface area (Å²) in [5, 5.41) is 6.50. The van der Waals surface area contributed by atoms with E-state index in [0.717, 1.165) is 5.92 Å².